The van der Waals surface area contributed by atoms with Gasteiger partial charge in [0.1, 0.15) is 12.3 Å². The largest absolute Gasteiger partial charge is 0.423 e. The van der Waals surface area contributed by atoms with Crippen molar-refractivity contribution in [3.05, 3.63) is 78.7 Å². The second-order valence-electron chi connectivity index (χ2n) is 8.42. The number of amides is 3. The molecular formula is C24H20N4O9S. The first-order chi connectivity index (χ1) is 18.1. The second-order valence-corrected chi connectivity index (χ2v) is 9.42. The first-order valence-corrected chi connectivity index (χ1v) is 12.2. The van der Waals surface area contributed by atoms with Crippen LogP contribution in [0.4, 0.5) is 16.2 Å². The lowest BCUT2D eigenvalue weighted by Crippen LogP contribution is -2.44. The highest BCUT2D eigenvalue weighted by Gasteiger charge is 2.37. The summed E-state index contributed by atoms with van der Waals surface area (Å²) in [4.78, 5) is 73.4. The summed E-state index contributed by atoms with van der Waals surface area (Å²) >= 11 is 0.683. The molecule has 0 atom stereocenters. The number of piperidine rings is 1. The number of ether oxygens (including phenoxy) is 1. The lowest BCUT2D eigenvalue weighted by atomic mass is 10.1. The number of rotatable bonds is 7. The van der Waals surface area contributed by atoms with Crippen LogP contribution in [0.15, 0.2) is 47.4 Å². The Morgan fingerprint density at radius 2 is 1.63 bits per heavy atom. The Labute approximate surface area is 219 Å². The molecular weight excluding hydrogens is 520 g/mol. The van der Waals surface area contributed by atoms with E-state index in [0.717, 1.165) is 42.4 Å². The van der Waals surface area contributed by atoms with E-state index in [-0.39, 0.29) is 23.1 Å². The van der Waals surface area contributed by atoms with E-state index < -0.39 is 43.9 Å². The number of carbonyl (C=O) groups is 4. The first kappa shape index (κ1) is 26.5. The summed E-state index contributed by atoms with van der Waals surface area (Å²) in [5.41, 5.74) is -1.28. The summed E-state index contributed by atoms with van der Waals surface area (Å²) in [6.07, 6.45) is 4.21. The minimum absolute atomic E-state index is 0.00239. The third kappa shape index (κ3) is 6.03. The molecule has 0 N–H and O–H groups in total. The SMILES string of the molecule is O=C(Oc1cccc(/C=C2\SC(=O)N(CC(=O)N3CCCCC3)C2=O)c1)c1cc([N+](=O)[O-])cc([N+](=O)[O-])c1. The number of esters is 1. The molecule has 2 aromatic rings. The average Bonchev–Trinajstić information content (AvgIpc) is 3.16. The molecule has 13 nitrogen and oxygen atoms in total. The van der Waals surface area contributed by atoms with Crippen LogP contribution in [0, 0.1) is 20.2 Å². The number of likely N-dealkylation sites (tertiary alicyclic amines) is 1. The molecule has 0 spiro atoms. The molecule has 2 heterocycles. The molecule has 2 aliphatic heterocycles. The highest BCUT2D eigenvalue weighted by molar-refractivity contribution is 8.18. The fourth-order valence-corrected chi connectivity index (χ4v) is 4.76. The molecule has 2 fully saturated rings. The van der Waals surface area contributed by atoms with Crippen LogP contribution >= 0.6 is 11.8 Å². The van der Waals surface area contributed by atoms with E-state index in [2.05, 4.69) is 0 Å². The summed E-state index contributed by atoms with van der Waals surface area (Å²) in [6.45, 7) is 0.856. The summed E-state index contributed by atoms with van der Waals surface area (Å²) in [7, 11) is 0. The molecule has 14 heteroatoms. The van der Waals surface area contributed by atoms with Crippen molar-refractivity contribution >= 4 is 52.2 Å². The van der Waals surface area contributed by atoms with Gasteiger partial charge < -0.3 is 9.64 Å². The summed E-state index contributed by atoms with van der Waals surface area (Å²) in [5.74, 6) is -1.97. The van der Waals surface area contributed by atoms with Crippen LogP contribution in [0.5, 0.6) is 5.75 Å². The van der Waals surface area contributed by atoms with Crippen molar-refractivity contribution in [3.63, 3.8) is 0 Å². The van der Waals surface area contributed by atoms with Crippen LogP contribution in [0.3, 0.4) is 0 Å². The Bertz CT molecular complexity index is 1350. The van der Waals surface area contributed by atoms with Crippen LogP contribution in [-0.4, -0.2) is 62.3 Å². The summed E-state index contributed by atoms with van der Waals surface area (Å²) in [6, 6.07) is 8.34. The summed E-state index contributed by atoms with van der Waals surface area (Å²) in [5, 5.41) is 21.6. The number of non-ortho nitro benzene ring substituents is 2. The van der Waals surface area contributed by atoms with Gasteiger partial charge in [0.05, 0.1) is 26.4 Å². The van der Waals surface area contributed by atoms with Crippen molar-refractivity contribution in [2.45, 2.75) is 19.3 Å². The van der Waals surface area contributed by atoms with Gasteiger partial charge in [-0.2, -0.15) is 0 Å². The number of nitro groups is 2. The number of nitro benzene ring substituents is 2. The monoisotopic (exact) mass is 540 g/mol. The number of nitrogens with zero attached hydrogens (tertiary/aromatic N) is 4. The molecule has 0 radical (unpaired) electrons. The smallest absolute Gasteiger partial charge is 0.344 e. The average molecular weight is 541 g/mol. The molecule has 0 saturated carbocycles. The third-order valence-electron chi connectivity index (χ3n) is 5.80. The van der Waals surface area contributed by atoms with Crippen molar-refractivity contribution in [2.75, 3.05) is 19.6 Å². The van der Waals surface area contributed by atoms with Crippen molar-refractivity contribution in [1.82, 2.24) is 9.80 Å². The molecule has 38 heavy (non-hydrogen) atoms. The van der Waals surface area contributed by atoms with Gasteiger partial charge in [-0.15, -0.1) is 0 Å². The molecule has 196 valence electrons. The fourth-order valence-electron chi connectivity index (χ4n) is 3.92. The molecule has 0 aromatic heterocycles. The normalized spacial score (nSPS) is 16.6. The van der Waals surface area contributed by atoms with Crippen LogP contribution < -0.4 is 4.74 Å². The maximum absolute atomic E-state index is 12.8. The van der Waals surface area contributed by atoms with Crippen LogP contribution in [-0.2, 0) is 9.59 Å². The van der Waals surface area contributed by atoms with Gasteiger partial charge in [-0.3, -0.25) is 39.5 Å². The lowest BCUT2D eigenvalue weighted by molar-refractivity contribution is -0.394. The van der Waals surface area contributed by atoms with E-state index in [4.69, 9.17) is 4.74 Å². The van der Waals surface area contributed by atoms with Gasteiger partial charge >= 0.3 is 5.97 Å². The van der Waals surface area contributed by atoms with E-state index in [1.54, 1.807) is 11.0 Å². The van der Waals surface area contributed by atoms with Crippen LogP contribution in [0.1, 0.15) is 35.2 Å². The van der Waals surface area contributed by atoms with Gasteiger partial charge in [0.15, 0.2) is 0 Å². The number of hydrogen-bond donors (Lipinski definition) is 0. The third-order valence-corrected chi connectivity index (χ3v) is 6.71. The fraction of sp³-hybridized carbons (Fsp3) is 0.250. The van der Waals surface area contributed by atoms with Crippen molar-refractivity contribution in [1.29, 1.82) is 0 Å². The zero-order chi connectivity index (χ0) is 27.4. The predicted molar refractivity (Wildman–Crippen MR) is 134 cm³/mol. The molecule has 3 amide bonds. The minimum Gasteiger partial charge on any atom is -0.423 e. The zero-order valence-corrected chi connectivity index (χ0v) is 20.5. The van der Waals surface area contributed by atoms with Gasteiger partial charge in [0, 0.05) is 25.2 Å². The topological polar surface area (TPSA) is 170 Å². The van der Waals surface area contributed by atoms with E-state index >= 15 is 0 Å². The minimum atomic E-state index is -1.06. The number of carbonyl (C=O) groups excluding carboxylic acids is 4. The lowest BCUT2D eigenvalue weighted by Gasteiger charge is -2.27. The molecule has 2 aromatic carbocycles. The van der Waals surface area contributed by atoms with Gasteiger partial charge in [-0.1, -0.05) is 12.1 Å². The molecule has 2 aliphatic rings. The van der Waals surface area contributed by atoms with E-state index in [0.29, 0.717) is 30.4 Å². The van der Waals surface area contributed by atoms with Crippen molar-refractivity contribution in [3.8, 4) is 5.75 Å². The molecule has 0 aliphatic carbocycles. The van der Waals surface area contributed by atoms with Gasteiger partial charge in [-0.05, 0) is 54.8 Å². The standard InChI is InChI=1S/C24H20N4O9S/c29-21(25-7-2-1-3-8-25)14-26-22(30)20(38-24(26)32)10-15-5-4-6-19(9-15)37-23(31)16-11-17(27(33)34)13-18(12-16)28(35)36/h4-6,9-13H,1-3,7-8,14H2/b20-10-. The highest BCUT2D eigenvalue weighted by atomic mass is 32.2. The van der Waals surface area contributed by atoms with E-state index in [1.165, 1.54) is 24.3 Å². The first-order valence-electron chi connectivity index (χ1n) is 11.4. The van der Waals surface area contributed by atoms with E-state index in [9.17, 15) is 39.4 Å². The van der Waals surface area contributed by atoms with Crippen molar-refractivity contribution < 1.29 is 33.8 Å². The van der Waals surface area contributed by atoms with Gasteiger partial charge in [-0.25, -0.2) is 4.79 Å². The Balaban J connectivity index is 1.48. The number of benzene rings is 2. The Kier molecular flexibility index (Phi) is 7.81. The second kappa shape index (κ2) is 11.2. The maximum Gasteiger partial charge on any atom is 0.344 e. The van der Waals surface area contributed by atoms with Gasteiger partial charge in [0.2, 0.25) is 5.91 Å². The molecule has 0 unspecified atom stereocenters. The van der Waals surface area contributed by atoms with Crippen LogP contribution in [0.2, 0.25) is 0 Å². The van der Waals surface area contributed by atoms with Crippen LogP contribution in [0.25, 0.3) is 6.08 Å². The summed E-state index contributed by atoms with van der Waals surface area (Å²) < 4.78 is 5.23. The Morgan fingerprint density at radius 1 is 0.974 bits per heavy atom. The molecule has 2 saturated heterocycles. The quantitative estimate of drug-likeness (QED) is 0.165. The highest BCUT2D eigenvalue weighted by Crippen LogP contribution is 2.33. The van der Waals surface area contributed by atoms with Crippen molar-refractivity contribution in [2.24, 2.45) is 0 Å². The molecule has 0 bridgehead atoms. The number of hydrogen-bond acceptors (Lipinski definition) is 10. The van der Waals surface area contributed by atoms with E-state index in [1.807, 2.05) is 0 Å². The Hall–Kier alpha value is -4.59. The molecule has 4 rings (SSSR count). The van der Waals surface area contributed by atoms with Gasteiger partial charge in [0.25, 0.3) is 22.5 Å². The Morgan fingerprint density at radius 3 is 2.26 bits per heavy atom. The predicted octanol–water partition coefficient (Wildman–Crippen LogP) is 3.77. The zero-order valence-electron chi connectivity index (χ0n) is 19.7. The maximum atomic E-state index is 12.8. The number of imide groups is 1. The number of thioether (sulfide) groups is 1.